The van der Waals surface area contributed by atoms with Crippen LogP contribution in [0.2, 0.25) is 0 Å². The summed E-state index contributed by atoms with van der Waals surface area (Å²) >= 11 is 3.03. The summed E-state index contributed by atoms with van der Waals surface area (Å²) in [6, 6.07) is 2.58. The molecule has 0 N–H and O–H groups in total. The second-order valence-electron chi connectivity index (χ2n) is 8.25. The van der Waals surface area contributed by atoms with Crippen LogP contribution in [0.1, 0.15) is 63.9 Å². The molecular weight excluding hydrogens is 402 g/mol. The van der Waals surface area contributed by atoms with Crippen molar-refractivity contribution in [3.05, 3.63) is 43.8 Å². The third-order valence-electron chi connectivity index (χ3n) is 6.18. The van der Waals surface area contributed by atoms with Gasteiger partial charge in [-0.25, -0.2) is 4.98 Å². The summed E-state index contributed by atoms with van der Waals surface area (Å²) in [4.78, 5) is 32.9. The highest BCUT2D eigenvalue weighted by molar-refractivity contribution is 7.99. The fourth-order valence-corrected chi connectivity index (χ4v) is 6.72. The minimum atomic E-state index is 0.0243. The number of rotatable bonds is 5. The molecule has 3 aromatic rings. The van der Waals surface area contributed by atoms with Gasteiger partial charge in [-0.15, -0.1) is 11.3 Å². The van der Waals surface area contributed by atoms with Gasteiger partial charge in [0.2, 0.25) is 0 Å². The SMILES string of the molecule is Cc1cc(C(=O)CSc2nc3sc4c(c3c(=O)n2C)CCCC4)c(C)n1C1CC1. The largest absolute Gasteiger partial charge is 0.345 e. The van der Waals surface area contributed by atoms with E-state index in [1.54, 1.807) is 23.0 Å². The lowest BCUT2D eigenvalue weighted by Crippen LogP contribution is -2.21. The molecule has 7 heteroatoms. The van der Waals surface area contributed by atoms with Crippen molar-refractivity contribution in [3.63, 3.8) is 0 Å². The monoisotopic (exact) mass is 427 g/mol. The van der Waals surface area contributed by atoms with Gasteiger partial charge in [-0.3, -0.25) is 14.2 Å². The Morgan fingerprint density at radius 1 is 1.28 bits per heavy atom. The quantitative estimate of drug-likeness (QED) is 0.339. The summed E-state index contributed by atoms with van der Waals surface area (Å²) in [6.07, 6.45) is 6.78. The van der Waals surface area contributed by atoms with E-state index in [1.165, 1.54) is 41.5 Å². The maximum Gasteiger partial charge on any atom is 0.262 e. The van der Waals surface area contributed by atoms with Crippen LogP contribution in [-0.4, -0.2) is 25.7 Å². The smallest absolute Gasteiger partial charge is 0.262 e. The number of carbonyl (C=O) groups excluding carboxylic acids is 1. The normalized spacial score (nSPS) is 16.4. The Hall–Kier alpha value is -1.86. The van der Waals surface area contributed by atoms with Gasteiger partial charge in [-0.2, -0.15) is 0 Å². The number of fused-ring (bicyclic) bond motifs is 3. The van der Waals surface area contributed by atoms with Gasteiger partial charge < -0.3 is 4.57 Å². The Labute approximate surface area is 178 Å². The topological polar surface area (TPSA) is 56.9 Å². The summed E-state index contributed by atoms with van der Waals surface area (Å²) in [5.41, 5.74) is 4.27. The summed E-state index contributed by atoms with van der Waals surface area (Å²) in [5, 5.41) is 1.43. The Kier molecular flexibility index (Phi) is 4.70. The first kappa shape index (κ1) is 19.1. The number of aromatic nitrogens is 3. The average Bonchev–Trinajstić information content (AvgIpc) is 3.39. The zero-order valence-electron chi connectivity index (χ0n) is 17.1. The molecule has 0 saturated heterocycles. The van der Waals surface area contributed by atoms with Crippen LogP contribution in [-0.2, 0) is 19.9 Å². The molecule has 0 aliphatic heterocycles. The Morgan fingerprint density at radius 3 is 2.79 bits per heavy atom. The van der Waals surface area contributed by atoms with Crippen LogP contribution in [0.15, 0.2) is 16.0 Å². The van der Waals surface area contributed by atoms with Crippen LogP contribution < -0.4 is 5.56 Å². The van der Waals surface area contributed by atoms with E-state index >= 15 is 0 Å². The van der Waals surface area contributed by atoms with Crippen molar-refractivity contribution in [2.24, 2.45) is 7.05 Å². The van der Waals surface area contributed by atoms with Gasteiger partial charge in [0.15, 0.2) is 10.9 Å². The van der Waals surface area contributed by atoms with Crippen molar-refractivity contribution in [2.45, 2.75) is 63.6 Å². The van der Waals surface area contributed by atoms with Crippen molar-refractivity contribution < 1.29 is 4.79 Å². The van der Waals surface area contributed by atoms with E-state index < -0.39 is 0 Å². The maximum absolute atomic E-state index is 13.0. The van der Waals surface area contributed by atoms with Crippen LogP contribution in [0.4, 0.5) is 0 Å². The molecule has 3 aromatic heterocycles. The van der Waals surface area contributed by atoms with E-state index in [-0.39, 0.29) is 11.3 Å². The second-order valence-corrected chi connectivity index (χ2v) is 10.3. The second kappa shape index (κ2) is 7.13. The summed E-state index contributed by atoms with van der Waals surface area (Å²) < 4.78 is 3.92. The molecule has 0 aromatic carbocycles. The molecule has 0 atom stereocenters. The van der Waals surface area contributed by atoms with Crippen molar-refractivity contribution in [1.29, 1.82) is 0 Å². The van der Waals surface area contributed by atoms with Crippen LogP contribution >= 0.6 is 23.1 Å². The molecule has 0 bridgehead atoms. The first-order chi connectivity index (χ1) is 14.0. The Balaban J connectivity index is 1.42. The minimum Gasteiger partial charge on any atom is -0.345 e. The summed E-state index contributed by atoms with van der Waals surface area (Å²) in [7, 11) is 1.77. The molecule has 29 heavy (non-hydrogen) atoms. The highest BCUT2D eigenvalue weighted by atomic mass is 32.2. The highest BCUT2D eigenvalue weighted by Crippen LogP contribution is 2.39. The van der Waals surface area contributed by atoms with Gasteiger partial charge in [0.25, 0.3) is 5.56 Å². The molecule has 0 amide bonds. The first-order valence-corrected chi connectivity index (χ1v) is 12.1. The summed E-state index contributed by atoms with van der Waals surface area (Å²) in [6.45, 7) is 4.12. The van der Waals surface area contributed by atoms with Gasteiger partial charge >= 0.3 is 0 Å². The number of hydrogen-bond donors (Lipinski definition) is 0. The van der Waals surface area contributed by atoms with Gasteiger partial charge in [-0.1, -0.05) is 11.8 Å². The van der Waals surface area contributed by atoms with Gasteiger partial charge in [-0.05, 0) is 64.0 Å². The molecule has 0 unspecified atom stereocenters. The molecule has 0 spiro atoms. The van der Waals surface area contributed by atoms with Crippen LogP contribution in [0.3, 0.4) is 0 Å². The van der Waals surface area contributed by atoms with Crippen LogP contribution in [0.5, 0.6) is 0 Å². The molecule has 152 valence electrons. The average molecular weight is 428 g/mol. The van der Waals surface area contributed by atoms with Gasteiger partial charge in [0.05, 0.1) is 11.1 Å². The van der Waals surface area contributed by atoms with E-state index in [4.69, 9.17) is 4.98 Å². The standard InChI is InChI=1S/C22H25N3O2S2/c1-12-10-16(13(2)25(12)14-8-9-14)17(26)11-28-22-23-20-19(21(27)24(22)3)15-6-4-5-7-18(15)29-20/h10,14H,4-9,11H2,1-3H3. The predicted octanol–water partition coefficient (Wildman–Crippen LogP) is 4.60. The predicted molar refractivity (Wildman–Crippen MR) is 119 cm³/mol. The zero-order chi connectivity index (χ0) is 20.3. The lowest BCUT2D eigenvalue weighted by atomic mass is 9.97. The molecule has 5 rings (SSSR count). The minimum absolute atomic E-state index is 0.0243. The van der Waals surface area contributed by atoms with Crippen molar-refractivity contribution in [1.82, 2.24) is 14.1 Å². The number of Topliss-reactive ketones (excluding diaryl/α,β-unsaturated/α-hetero) is 1. The molecule has 0 radical (unpaired) electrons. The molecule has 2 aliphatic rings. The number of thioether (sulfide) groups is 1. The third-order valence-corrected chi connectivity index (χ3v) is 8.40. The molecule has 5 nitrogen and oxygen atoms in total. The lowest BCUT2D eigenvalue weighted by Gasteiger charge is -2.11. The molecular formula is C22H25N3O2S2. The van der Waals surface area contributed by atoms with E-state index in [2.05, 4.69) is 11.5 Å². The van der Waals surface area contributed by atoms with E-state index in [9.17, 15) is 9.59 Å². The lowest BCUT2D eigenvalue weighted by molar-refractivity contribution is 0.102. The van der Waals surface area contributed by atoms with Crippen LogP contribution in [0, 0.1) is 13.8 Å². The number of nitrogens with zero attached hydrogens (tertiary/aromatic N) is 3. The third kappa shape index (κ3) is 3.19. The zero-order valence-corrected chi connectivity index (χ0v) is 18.7. The van der Waals surface area contributed by atoms with Gasteiger partial charge in [0.1, 0.15) is 4.83 Å². The number of ketones is 1. The first-order valence-electron chi connectivity index (χ1n) is 10.3. The van der Waals surface area contributed by atoms with E-state index in [1.807, 2.05) is 13.0 Å². The Bertz CT molecular complexity index is 1200. The Morgan fingerprint density at radius 2 is 2.03 bits per heavy atom. The number of hydrogen-bond acceptors (Lipinski definition) is 5. The van der Waals surface area contributed by atoms with E-state index in [0.717, 1.165) is 46.4 Å². The van der Waals surface area contributed by atoms with Crippen molar-refractivity contribution in [2.75, 3.05) is 5.75 Å². The maximum atomic E-state index is 13.0. The van der Waals surface area contributed by atoms with Gasteiger partial charge in [0, 0.05) is 34.9 Å². The van der Waals surface area contributed by atoms with E-state index in [0.29, 0.717) is 17.0 Å². The van der Waals surface area contributed by atoms with Crippen molar-refractivity contribution in [3.8, 4) is 0 Å². The van der Waals surface area contributed by atoms with Crippen molar-refractivity contribution >= 4 is 39.1 Å². The molecule has 1 saturated carbocycles. The fraction of sp³-hybridized carbons (Fsp3) is 0.500. The molecule has 3 heterocycles. The number of thiophene rings is 1. The fourth-order valence-electron chi connectivity index (χ4n) is 4.56. The number of carbonyl (C=O) groups is 1. The summed E-state index contributed by atoms with van der Waals surface area (Å²) in [5.74, 6) is 0.404. The van der Waals surface area contributed by atoms with Crippen LogP contribution in [0.25, 0.3) is 10.2 Å². The molecule has 2 aliphatic carbocycles. The molecule has 1 fully saturated rings. The number of aryl methyl sites for hydroxylation is 3. The highest BCUT2D eigenvalue weighted by Gasteiger charge is 2.28.